The molecule has 0 atom stereocenters. The van der Waals surface area contributed by atoms with Crippen LogP contribution in [-0.2, 0) is 9.36 Å². The molecule has 0 aromatic rings. The summed E-state index contributed by atoms with van der Waals surface area (Å²) in [5.41, 5.74) is 4.49. The average Bonchev–Trinajstić information content (AvgIpc) is 1.62. The Morgan fingerprint density at radius 1 is 1.56 bits per heavy atom. The lowest BCUT2D eigenvalue weighted by Gasteiger charge is -2.00. The van der Waals surface area contributed by atoms with Crippen LogP contribution in [0.1, 0.15) is 0 Å². The monoisotopic (exact) mass is 151 g/mol. The van der Waals surface area contributed by atoms with Gasteiger partial charge in [-0.1, -0.05) is 6.58 Å². The number of rotatable bonds is 2. The first-order valence-corrected chi connectivity index (χ1v) is 3.51. The van der Waals surface area contributed by atoms with Crippen LogP contribution >= 0.6 is 7.60 Å². The lowest BCUT2D eigenvalue weighted by Crippen LogP contribution is -2.12. The van der Waals surface area contributed by atoms with Crippen LogP contribution in [-0.4, -0.2) is 15.7 Å². The molecular formula is C3H6NO4P. The summed E-state index contributed by atoms with van der Waals surface area (Å²) in [6, 6.07) is 0. The maximum atomic E-state index is 10.1. The first-order valence-electron chi connectivity index (χ1n) is 1.90. The van der Waals surface area contributed by atoms with Crippen LogP contribution in [0, 0.1) is 0 Å². The predicted octanol–water partition coefficient (Wildman–Crippen LogP) is -0.837. The van der Waals surface area contributed by atoms with Gasteiger partial charge in [-0.05, 0) is 0 Å². The van der Waals surface area contributed by atoms with Crippen LogP contribution < -0.4 is 5.73 Å². The van der Waals surface area contributed by atoms with Gasteiger partial charge in [0.2, 0.25) is 0 Å². The Bertz CT molecular complexity index is 192. The average molecular weight is 151 g/mol. The Labute approximate surface area is 51.3 Å². The van der Waals surface area contributed by atoms with Gasteiger partial charge in [-0.25, -0.2) is 0 Å². The van der Waals surface area contributed by atoms with Crippen molar-refractivity contribution >= 4 is 13.5 Å². The highest BCUT2D eigenvalue weighted by Crippen LogP contribution is 2.42. The van der Waals surface area contributed by atoms with E-state index in [1.807, 2.05) is 0 Å². The molecule has 6 heteroatoms. The van der Waals surface area contributed by atoms with E-state index >= 15 is 0 Å². The summed E-state index contributed by atoms with van der Waals surface area (Å²) in [7, 11) is -4.48. The van der Waals surface area contributed by atoms with Crippen molar-refractivity contribution in [3.8, 4) is 0 Å². The van der Waals surface area contributed by atoms with E-state index in [1.165, 1.54) is 0 Å². The van der Waals surface area contributed by atoms with Crippen LogP contribution in [0.3, 0.4) is 0 Å². The number of hydrogen-bond donors (Lipinski definition) is 3. The molecule has 4 N–H and O–H groups in total. The highest BCUT2D eigenvalue weighted by molar-refractivity contribution is 7.57. The largest absolute Gasteiger partial charge is 0.365 e. The molecular weight excluding hydrogens is 145 g/mol. The van der Waals surface area contributed by atoms with Crippen molar-refractivity contribution in [3.05, 3.63) is 11.9 Å². The van der Waals surface area contributed by atoms with E-state index in [0.29, 0.717) is 0 Å². The smallest absolute Gasteiger partial charge is 0.361 e. The van der Waals surface area contributed by atoms with E-state index in [4.69, 9.17) is 9.79 Å². The molecule has 0 radical (unpaired) electrons. The first-order chi connectivity index (χ1) is 3.85. The quantitative estimate of drug-likeness (QED) is 0.354. The van der Waals surface area contributed by atoms with Gasteiger partial charge in [0.1, 0.15) is 5.31 Å². The Hall–Kier alpha value is -0.640. The summed E-state index contributed by atoms with van der Waals surface area (Å²) in [5.74, 6) is -1.18. The Morgan fingerprint density at radius 3 is 1.89 bits per heavy atom. The van der Waals surface area contributed by atoms with E-state index in [0.717, 1.165) is 0 Å². The second-order valence-electron chi connectivity index (χ2n) is 1.35. The van der Waals surface area contributed by atoms with Crippen molar-refractivity contribution in [1.82, 2.24) is 0 Å². The summed E-state index contributed by atoms with van der Waals surface area (Å²) >= 11 is 0. The van der Waals surface area contributed by atoms with Crippen LogP contribution in [0.2, 0.25) is 0 Å². The Kier molecular flexibility index (Phi) is 2.14. The van der Waals surface area contributed by atoms with Gasteiger partial charge in [-0.2, -0.15) is 0 Å². The van der Waals surface area contributed by atoms with Crippen molar-refractivity contribution in [3.63, 3.8) is 0 Å². The zero-order valence-electron chi connectivity index (χ0n) is 4.44. The van der Waals surface area contributed by atoms with E-state index in [-0.39, 0.29) is 0 Å². The van der Waals surface area contributed by atoms with E-state index in [9.17, 15) is 9.36 Å². The molecule has 0 aliphatic rings. The molecule has 9 heavy (non-hydrogen) atoms. The predicted molar refractivity (Wildman–Crippen MR) is 30.4 cm³/mol. The van der Waals surface area contributed by atoms with Crippen molar-refractivity contribution in [2.24, 2.45) is 5.73 Å². The number of nitrogens with two attached hydrogens (primary N) is 1. The van der Waals surface area contributed by atoms with Crippen molar-refractivity contribution in [1.29, 1.82) is 0 Å². The normalized spacial score (nSPS) is 10.9. The molecule has 0 bridgehead atoms. The standard InChI is InChI=1S/C3H6NO4P/c1-2(3(4)5)9(6,7)8/h1H2,(H2,4,5)(H2,6,7,8). The molecule has 0 unspecified atom stereocenters. The SMILES string of the molecule is C=C(C(N)=O)P(=O)(O)O. The molecule has 0 heterocycles. The summed E-state index contributed by atoms with van der Waals surface area (Å²) in [6.07, 6.45) is 0. The highest BCUT2D eigenvalue weighted by atomic mass is 31.2. The van der Waals surface area contributed by atoms with E-state index < -0.39 is 18.8 Å². The topological polar surface area (TPSA) is 101 Å². The lowest BCUT2D eigenvalue weighted by atomic mass is 10.6. The van der Waals surface area contributed by atoms with Gasteiger partial charge in [-0.15, -0.1) is 0 Å². The molecule has 0 aliphatic heterocycles. The van der Waals surface area contributed by atoms with Crippen LogP contribution in [0.4, 0.5) is 0 Å². The minimum atomic E-state index is -4.48. The van der Waals surface area contributed by atoms with Crippen LogP contribution in [0.25, 0.3) is 0 Å². The minimum absolute atomic E-state index is 0.859. The minimum Gasteiger partial charge on any atom is -0.365 e. The van der Waals surface area contributed by atoms with Gasteiger partial charge in [0, 0.05) is 0 Å². The molecule has 0 aromatic carbocycles. The third-order valence-electron chi connectivity index (χ3n) is 0.636. The molecule has 0 spiro atoms. The fraction of sp³-hybridized carbons (Fsp3) is 0. The first kappa shape index (κ1) is 8.36. The van der Waals surface area contributed by atoms with Crippen molar-refractivity contribution in [2.45, 2.75) is 0 Å². The number of primary amides is 1. The van der Waals surface area contributed by atoms with Crippen LogP contribution in [0.15, 0.2) is 11.9 Å². The summed E-state index contributed by atoms with van der Waals surface area (Å²) in [4.78, 5) is 26.3. The van der Waals surface area contributed by atoms with Gasteiger partial charge in [0.05, 0.1) is 0 Å². The highest BCUT2D eigenvalue weighted by Gasteiger charge is 2.22. The molecule has 0 saturated carbocycles. The third kappa shape index (κ3) is 2.41. The molecule has 0 aliphatic carbocycles. The summed E-state index contributed by atoms with van der Waals surface area (Å²) in [5, 5.41) is -0.859. The van der Waals surface area contributed by atoms with Crippen molar-refractivity contribution in [2.75, 3.05) is 0 Å². The van der Waals surface area contributed by atoms with Gasteiger partial charge in [0.15, 0.2) is 0 Å². The maximum Gasteiger partial charge on any atom is 0.361 e. The van der Waals surface area contributed by atoms with Gasteiger partial charge < -0.3 is 15.5 Å². The zero-order valence-corrected chi connectivity index (χ0v) is 5.34. The fourth-order valence-electron chi connectivity index (χ4n) is 0.144. The maximum absolute atomic E-state index is 10.1. The summed E-state index contributed by atoms with van der Waals surface area (Å²) in [6.45, 7) is 2.79. The molecule has 0 saturated heterocycles. The van der Waals surface area contributed by atoms with Gasteiger partial charge in [0.25, 0.3) is 5.91 Å². The Balaban J connectivity index is 4.43. The van der Waals surface area contributed by atoms with Gasteiger partial charge >= 0.3 is 7.60 Å². The lowest BCUT2D eigenvalue weighted by molar-refractivity contribution is -0.114. The van der Waals surface area contributed by atoms with Crippen LogP contribution in [0.5, 0.6) is 0 Å². The number of amides is 1. The number of hydrogen-bond acceptors (Lipinski definition) is 2. The number of carbonyl (C=O) groups is 1. The number of carbonyl (C=O) groups excluding carboxylic acids is 1. The molecule has 1 amide bonds. The third-order valence-corrected chi connectivity index (χ3v) is 1.56. The van der Waals surface area contributed by atoms with E-state index in [1.54, 1.807) is 0 Å². The van der Waals surface area contributed by atoms with Crippen molar-refractivity contribution < 1.29 is 19.1 Å². The molecule has 5 nitrogen and oxygen atoms in total. The second kappa shape index (κ2) is 2.31. The molecule has 52 valence electrons. The van der Waals surface area contributed by atoms with E-state index in [2.05, 4.69) is 12.3 Å². The molecule has 0 rings (SSSR count). The second-order valence-corrected chi connectivity index (χ2v) is 2.98. The summed E-state index contributed by atoms with van der Waals surface area (Å²) < 4.78 is 10.1. The van der Waals surface area contributed by atoms with Gasteiger partial charge in [-0.3, -0.25) is 9.36 Å². The Morgan fingerprint density at radius 2 is 1.89 bits per heavy atom. The molecule has 0 fully saturated rings. The fourth-order valence-corrected chi connectivity index (χ4v) is 0.431. The zero-order chi connectivity index (χ0) is 7.65. The molecule has 0 aromatic heterocycles.